The number of nitrogens with one attached hydrogen (secondary N) is 12. The van der Waals surface area contributed by atoms with Crippen LogP contribution in [-0.4, -0.2) is 96.3 Å². The second-order valence-corrected chi connectivity index (χ2v) is 33.8. The van der Waals surface area contributed by atoms with Crippen LogP contribution in [0, 0.1) is 0 Å². The van der Waals surface area contributed by atoms with E-state index in [2.05, 4.69) is 78.8 Å². The van der Waals surface area contributed by atoms with E-state index < -0.39 is 35.1 Å². The molecule has 4 aliphatic carbocycles. The van der Waals surface area contributed by atoms with Crippen molar-refractivity contribution in [2.75, 3.05) is 43.0 Å². The number of nitrogens with zero attached hydrogens (tertiary/aromatic N) is 4. The third kappa shape index (κ3) is 26.4. The minimum Gasteiger partial charge on any atom is -0.444 e. The van der Waals surface area contributed by atoms with E-state index in [0.29, 0.717) is 80.8 Å². The van der Waals surface area contributed by atoms with Gasteiger partial charge < -0.3 is 73.5 Å². The first-order valence-corrected chi connectivity index (χ1v) is 42.0. The van der Waals surface area contributed by atoms with E-state index in [0.717, 1.165) is 107 Å². The molecule has 31 nitrogen and oxygen atoms in total. The minimum absolute atomic E-state index is 0.0517. The fourth-order valence-electron chi connectivity index (χ4n) is 14.6. The van der Waals surface area contributed by atoms with E-state index in [1.165, 1.54) is 10.9 Å². The monoisotopic (exact) mass is 1730 g/mol. The van der Waals surface area contributed by atoms with Gasteiger partial charge in [-0.25, -0.2) is 33.8 Å². The normalized spacial score (nSPS) is 14.8. The number of benzene rings is 8. The summed E-state index contributed by atoms with van der Waals surface area (Å²) in [6, 6.07) is 56.6. The summed E-state index contributed by atoms with van der Waals surface area (Å²) in [6.07, 6.45) is 16.0. The maximum absolute atomic E-state index is 13.0. The van der Waals surface area contributed by atoms with E-state index in [9.17, 15) is 47.9 Å². The van der Waals surface area contributed by atoms with E-state index in [4.69, 9.17) is 25.7 Å². The lowest BCUT2D eigenvalue weighted by molar-refractivity contribution is 0.0624. The number of anilines is 8. The number of hydrogen-bond acceptors (Lipinski definition) is 18. The first-order chi connectivity index (χ1) is 61.2. The van der Waals surface area contributed by atoms with E-state index >= 15 is 0 Å². The fraction of sp³-hybridized carbons (Fsp3) is 0.268. The summed E-state index contributed by atoms with van der Waals surface area (Å²) < 4.78 is 17.3. The van der Waals surface area contributed by atoms with Gasteiger partial charge in [-0.3, -0.25) is 49.7 Å². The Labute approximate surface area is 741 Å². The summed E-state index contributed by atoms with van der Waals surface area (Å²) >= 11 is 0. The van der Waals surface area contributed by atoms with Gasteiger partial charge in [0.2, 0.25) is 0 Å². The highest BCUT2D eigenvalue weighted by atomic mass is 16.6. The molecule has 3 aromatic heterocycles. The molecule has 4 unspecified atom stereocenters. The van der Waals surface area contributed by atoms with E-state index in [1.54, 1.807) is 209 Å². The van der Waals surface area contributed by atoms with Gasteiger partial charge in [-0.15, -0.1) is 0 Å². The molecular weight excluding hydrogens is 1630 g/mol. The molecule has 8 aromatic carbocycles. The number of ether oxygens (including phenoxy) is 3. The number of nitrogens with two attached hydrogens (primary N) is 2. The second kappa shape index (κ2) is 41.9. The van der Waals surface area contributed by atoms with Crippen molar-refractivity contribution in [2.24, 2.45) is 5.73 Å². The number of aromatic nitrogens is 4. The second-order valence-electron chi connectivity index (χ2n) is 33.8. The molecule has 0 bridgehead atoms. The molecule has 12 amide bonds. The molecule has 128 heavy (non-hydrogen) atoms. The van der Waals surface area contributed by atoms with Crippen LogP contribution in [0.2, 0.25) is 0 Å². The van der Waals surface area contributed by atoms with Gasteiger partial charge in [0.1, 0.15) is 23.1 Å². The van der Waals surface area contributed by atoms with Crippen LogP contribution in [0.5, 0.6) is 0 Å². The SMILES string of the molecule is CC(C)(C)OC(=O)Nc1ccccc1NC(=O)c1ccc2c(c1)CCC2N.CC(C)(C)OC(=O)Nc1ccccc1NC(=O)c1ccc2c(c1)CCC2NC(=O)NCc1ccncc1.CC(C)(C)OC(=O)Nc1ccccc1NC(=O)c1ccc2c(c1)CCC2NC(=O)n1ccnc1.Nc1ccccc1NC(=O)c1ccc2c(c1)CCC2NC(=O)NCc1ccncc1. The molecule has 4 atom stereocenters. The smallest absolute Gasteiger partial charge is 0.412 e. The summed E-state index contributed by atoms with van der Waals surface area (Å²) in [5, 5.41) is 34.2. The third-order valence-electron chi connectivity index (χ3n) is 20.7. The number of imidazole rings is 1. The Kier molecular flexibility index (Phi) is 30.1. The van der Waals surface area contributed by atoms with Crippen LogP contribution >= 0.6 is 0 Å². The average Bonchev–Trinajstić information content (AvgIpc) is 1.67. The Morgan fingerprint density at radius 2 is 0.664 bits per heavy atom. The molecule has 16 N–H and O–H groups in total. The number of urea groups is 2. The predicted molar refractivity (Wildman–Crippen MR) is 491 cm³/mol. The summed E-state index contributed by atoms with van der Waals surface area (Å²) in [4.78, 5) is 137. The van der Waals surface area contributed by atoms with Crippen LogP contribution in [0.3, 0.4) is 0 Å². The molecule has 0 aliphatic heterocycles. The molecule has 3 heterocycles. The van der Waals surface area contributed by atoms with Crippen molar-refractivity contribution in [3.05, 3.63) is 316 Å². The van der Waals surface area contributed by atoms with Crippen LogP contribution in [-0.2, 0) is 53.0 Å². The molecule has 31 heteroatoms. The number of para-hydroxylation sites is 8. The number of nitrogen functional groups attached to an aromatic ring is 1. The quantitative estimate of drug-likeness (QED) is 0.0280. The molecule has 11 aromatic rings. The largest absolute Gasteiger partial charge is 0.444 e. The molecule has 0 saturated heterocycles. The zero-order valence-corrected chi connectivity index (χ0v) is 72.6. The van der Waals surface area contributed by atoms with Gasteiger partial charge in [0.25, 0.3) is 23.6 Å². The van der Waals surface area contributed by atoms with Crippen LogP contribution in [0.15, 0.2) is 238 Å². The van der Waals surface area contributed by atoms with Crippen molar-refractivity contribution in [1.82, 2.24) is 46.1 Å². The van der Waals surface area contributed by atoms with E-state index in [1.807, 2.05) is 84.9 Å². The first kappa shape index (κ1) is 91.9. The van der Waals surface area contributed by atoms with Crippen molar-refractivity contribution in [3.63, 3.8) is 0 Å². The van der Waals surface area contributed by atoms with E-state index in [-0.39, 0.29) is 65.9 Å². The van der Waals surface area contributed by atoms with Crippen molar-refractivity contribution in [3.8, 4) is 0 Å². The number of aryl methyl sites for hydroxylation is 4. The van der Waals surface area contributed by atoms with Gasteiger partial charge in [-0.1, -0.05) is 72.8 Å². The highest BCUT2D eigenvalue weighted by Crippen LogP contribution is 2.37. The summed E-state index contributed by atoms with van der Waals surface area (Å²) in [7, 11) is 0. The Bertz CT molecular complexity index is 5850. The highest BCUT2D eigenvalue weighted by Gasteiger charge is 2.31. The Morgan fingerprint density at radius 3 is 1.00 bits per heavy atom. The first-order valence-electron chi connectivity index (χ1n) is 42.0. The highest BCUT2D eigenvalue weighted by molar-refractivity contribution is 6.10. The summed E-state index contributed by atoms with van der Waals surface area (Å²) in [5.41, 5.74) is 26.4. The van der Waals surface area contributed by atoms with Gasteiger partial charge in [0, 0.05) is 78.6 Å². The summed E-state index contributed by atoms with van der Waals surface area (Å²) in [6.45, 7) is 16.9. The van der Waals surface area contributed by atoms with Gasteiger partial charge in [0.05, 0.1) is 63.6 Å². The Hall–Kier alpha value is -15.3. The molecule has 0 spiro atoms. The standard InChI is InChI=1S/C28H31N5O4.C25H27N5O4.C23H23N5O2.C21H25N3O3/c1-28(2,3)37-27(36)33-24-7-5-4-6-23(24)31-25(34)20-8-10-21-19(16-20)9-11-22(21)32-26(35)30-17-18-12-14-29-15-13-18;1-25(2,3)34-24(33)29-21-7-5-4-6-20(21)27-22(31)17-8-10-18-16(14-17)9-11-19(18)28-23(32)30-13-12-26-15-30;24-19-3-1-2-4-21(19)27-22(29)17-5-7-18-16(13-17)6-8-20(18)28-23(30)26-14-15-9-11-25-12-10-15;1-21(2,3)27-20(26)24-18-7-5-4-6-17(18)23-19(25)14-8-10-15-13(12-14)9-11-16(15)22/h4-8,10,12-16,22H,9,11,17H2,1-3H3,(H,31,34)(H,33,36)(H2,30,32,35);4-8,10,12-15,19H,9,11H2,1-3H3,(H,27,31)(H,28,32)(H,29,33);1-5,7,9-13,20H,6,8,14,24H2,(H,27,29)(H2,26,28,30);4-8,10,12,16H,9,11,22H2,1-3H3,(H,23,25)(H,24,26). The number of rotatable bonds is 18. The van der Waals surface area contributed by atoms with Crippen molar-refractivity contribution in [1.29, 1.82) is 0 Å². The minimum atomic E-state index is -0.639. The topological polar surface area (TPSA) is 438 Å². The van der Waals surface area contributed by atoms with Crippen molar-refractivity contribution < 1.29 is 62.2 Å². The third-order valence-corrected chi connectivity index (χ3v) is 20.7. The lowest BCUT2D eigenvalue weighted by Gasteiger charge is -2.20. The molecule has 662 valence electrons. The fourth-order valence-corrected chi connectivity index (χ4v) is 14.6. The molecule has 0 fully saturated rings. The van der Waals surface area contributed by atoms with Crippen LogP contribution in [0.4, 0.5) is 74.3 Å². The number of fused-ring (bicyclic) bond motifs is 4. The van der Waals surface area contributed by atoms with Crippen molar-refractivity contribution in [2.45, 2.75) is 168 Å². The number of pyridine rings is 2. The zero-order valence-electron chi connectivity index (χ0n) is 72.6. The zero-order chi connectivity index (χ0) is 91.2. The van der Waals surface area contributed by atoms with Gasteiger partial charge in [0.15, 0.2) is 0 Å². The molecule has 4 aliphatic rings. The van der Waals surface area contributed by atoms with Gasteiger partial charge in [-0.2, -0.15) is 0 Å². The molecule has 0 radical (unpaired) electrons. The maximum Gasteiger partial charge on any atom is 0.412 e. The number of hydrogen-bond donors (Lipinski definition) is 14. The lowest BCUT2D eigenvalue weighted by atomic mass is 10.0. The number of carbonyl (C=O) groups excluding carboxylic acids is 10. The molecule has 0 saturated carbocycles. The number of amides is 12. The maximum atomic E-state index is 13.0. The predicted octanol–water partition coefficient (Wildman–Crippen LogP) is 17.5. The van der Waals surface area contributed by atoms with Crippen LogP contribution in [0.1, 0.15) is 209 Å². The number of carbonyl (C=O) groups is 10. The van der Waals surface area contributed by atoms with Gasteiger partial charge >= 0.3 is 36.4 Å². The average molecular weight is 1730 g/mol. The van der Waals surface area contributed by atoms with Gasteiger partial charge in [-0.05, 0) is 291 Å². The van der Waals surface area contributed by atoms with Crippen LogP contribution in [0.25, 0.3) is 0 Å². The Morgan fingerprint density at radius 1 is 0.359 bits per heavy atom. The van der Waals surface area contributed by atoms with Crippen molar-refractivity contribution >= 4 is 106 Å². The lowest BCUT2D eigenvalue weighted by Crippen LogP contribution is -2.36. The van der Waals surface area contributed by atoms with Crippen LogP contribution < -0.4 is 75.3 Å². The summed E-state index contributed by atoms with van der Waals surface area (Å²) in [5.74, 6) is -1.04. The Balaban J connectivity index is 0.000000156. The molecule has 15 rings (SSSR count). The molecular formula is C97H106N18O13.